The summed E-state index contributed by atoms with van der Waals surface area (Å²) in [5.41, 5.74) is 6.08. The number of rotatable bonds is 3. The number of aryl methyl sites for hydroxylation is 1. The molecule has 1 aliphatic heterocycles. The second-order valence-corrected chi connectivity index (χ2v) is 8.24. The van der Waals surface area contributed by atoms with Crippen molar-refractivity contribution >= 4 is 26.5 Å². The van der Waals surface area contributed by atoms with Crippen LogP contribution in [-0.2, 0) is 10.0 Å². The third-order valence-electron chi connectivity index (χ3n) is 3.48. The molecule has 1 atom stereocenters. The van der Waals surface area contributed by atoms with Gasteiger partial charge in [-0.05, 0) is 25.2 Å². The maximum Gasteiger partial charge on any atom is 0.254 e. The van der Waals surface area contributed by atoms with E-state index in [9.17, 15) is 8.42 Å². The van der Waals surface area contributed by atoms with Gasteiger partial charge in [-0.1, -0.05) is 25.2 Å². The van der Waals surface area contributed by atoms with Crippen molar-refractivity contribution in [2.75, 3.05) is 18.8 Å². The molecule has 7 heteroatoms. The van der Waals surface area contributed by atoms with Gasteiger partial charge in [-0.15, -0.1) is 0 Å². The summed E-state index contributed by atoms with van der Waals surface area (Å²) in [6, 6.07) is 0. The number of hydrogen-bond acceptors (Lipinski definition) is 5. The van der Waals surface area contributed by atoms with Crippen LogP contribution in [0.5, 0.6) is 0 Å². The lowest BCUT2D eigenvalue weighted by Gasteiger charge is -2.17. The average molecular weight is 289 g/mol. The molecule has 1 aromatic rings. The molecule has 1 saturated heterocycles. The van der Waals surface area contributed by atoms with E-state index in [1.54, 1.807) is 11.2 Å². The fourth-order valence-electron chi connectivity index (χ4n) is 2.28. The lowest BCUT2D eigenvalue weighted by Crippen LogP contribution is -2.29. The summed E-state index contributed by atoms with van der Waals surface area (Å²) >= 11 is 1.05. The fraction of sp³-hybridized carbons (Fsp3) is 0.727. The zero-order chi connectivity index (χ0) is 13.5. The van der Waals surface area contributed by atoms with Crippen molar-refractivity contribution in [2.24, 2.45) is 11.8 Å². The number of anilines is 1. The van der Waals surface area contributed by atoms with Crippen LogP contribution in [0.1, 0.15) is 26.0 Å². The SMILES string of the molecule is Cc1nc(N)sc1S(=O)(=O)N1CCC(C(C)C)C1. The normalized spacial score (nSPS) is 21.9. The highest BCUT2D eigenvalue weighted by Gasteiger charge is 2.35. The van der Waals surface area contributed by atoms with Crippen LogP contribution in [0.25, 0.3) is 0 Å². The molecular weight excluding hydrogens is 270 g/mol. The van der Waals surface area contributed by atoms with Gasteiger partial charge in [-0.2, -0.15) is 4.31 Å². The number of hydrogen-bond donors (Lipinski definition) is 1. The van der Waals surface area contributed by atoms with Crippen molar-refractivity contribution in [3.63, 3.8) is 0 Å². The van der Waals surface area contributed by atoms with E-state index in [1.807, 2.05) is 0 Å². The lowest BCUT2D eigenvalue weighted by molar-refractivity contribution is 0.389. The van der Waals surface area contributed by atoms with Gasteiger partial charge in [-0.3, -0.25) is 0 Å². The summed E-state index contributed by atoms with van der Waals surface area (Å²) in [7, 11) is -3.41. The highest BCUT2D eigenvalue weighted by atomic mass is 32.2. The Morgan fingerprint density at radius 3 is 2.61 bits per heavy atom. The molecule has 18 heavy (non-hydrogen) atoms. The average Bonchev–Trinajstić information content (AvgIpc) is 2.85. The fourth-order valence-corrected chi connectivity index (χ4v) is 5.22. The third kappa shape index (κ3) is 2.39. The Hall–Kier alpha value is -0.660. The van der Waals surface area contributed by atoms with E-state index in [0.29, 0.717) is 40.0 Å². The molecule has 0 bridgehead atoms. The number of nitrogens with zero attached hydrogens (tertiary/aromatic N) is 2. The van der Waals surface area contributed by atoms with Crippen molar-refractivity contribution in [1.29, 1.82) is 0 Å². The van der Waals surface area contributed by atoms with Crippen molar-refractivity contribution < 1.29 is 8.42 Å². The molecule has 0 saturated carbocycles. The Kier molecular flexibility index (Phi) is 3.66. The molecular formula is C11H19N3O2S2. The zero-order valence-electron chi connectivity index (χ0n) is 10.9. The molecule has 1 unspecified atom stereocenters. The Morgan fingerprint density at radius 2 is 2.17 bits per heavy atom. The highest BCUT2D eigenvalue weighted by molar-refractivity contribution is 7.91. The minimum atomic E-state index is -3.41. The van der Waals surface area contributed by atoms with Crippen LogP contribution in [-0.4, -0.2) is 30.8 Å². The van der Waals surface area contributed by atoms with Gasteiger partial charge in [-0.25, -0.2) is 13.4 Å². The Morgan fingerprint density at radius 1 is 1.50 bits per heavy atom. The van der Waals surface area contributed by atoms with Crippen molar-refractivity contribution in [3.8, 4) is 0 Å². The minimum absolute atomic E-state index is 0.296. The first-order valence-corrected chi connectivity index (χ1v) is 8.31. The Balaban J connectivity index is 2.26. The Labute approximate surface area is 112 Å². The monoisotopic (exact) mass is 289 g/mol. The van der Waals surface area contributed by atoms with Gasteiger partial charge in [0.05, 0.1) is 5.69 Å². The minimum Gasteiger partial charge on any atom is -0.375 e. The van der Waals surface area contributed by atoms with Gasteiger partial charge in [0, 0.05) is 13.1 Å². The van der Waals surface area contributed by atoms with Crippen LogP contribution in [0.15, 0.2) is 4.21 Å². The summed E-state index contributed by atoms with van der Waals surface area (Å²) in [4.78, 5) is 3.99. The topological polar surface area (TPSA) is 76.3 Å². The van der Waals surface area contributed by atoms with E-state index in [0.717, 1.165) is 17.8 Å². The predicted octanol–water partition coefficient (Wildman–Crippen LogP) is 1.70. The van der Waals surface area contributed by atoms with Crippen LogP contribution in [0.3, 0.4) is 0 Å². The van der Waals surface area contributed by atoms with E-state index in [2.05, 4.69) is 18.8 Å². The van der Waals surface area contributed by atoms with E-state index in [-0.39, 0.29) is 0 Å². The molecule has 0 aromatic carbocycles. The molecule has 0 radical (unpaired) electrons. The number of nitrogen functional groups attached to an aromatic ring is 1. The van der Waals surface area contributed by atoms with Crippen LogP contribution >= 0.6 is 11.3 Å². The first-order valence-electron chi connectivity index (χ1n) is 6.05. The second kappa shape index (κ2) is 4.79. The summed E-state index contributed by atoms with van der Waals surface area (Å²) in [6.07, 6.45) is 0.935. The summed E-state index contributed by atoms with van der Waals surface area (Å²) < 4.78 is 26.8. The predicted molar refractivity (Wildman–Crippen MR) is 73.0 cm³/mol. The lowest BCUT2D eigenvalue weighted by atomic mass is 9.96. The van der Waals surface area contributed by atoms with Gasteiger partial charge in [0.2, 0.25) is 0 Å². The molecule has 0 amide bonds. The quantitative estimate of drug-likeness (QED) is 0.919. The van der Waals surface area contributed by atoms with Gasteiger partial charge in [0.15, 0.2) is 9.34 Å². The van der Waals surface area contributed by atoms with Gasteiger partial charge >= 0.3 is 0 Å². The molecule has 1 fully saturated rings. The molecule has 102 valence electrons. The number of thiazole rings is 1. The first kappa shape index (κ1) is 13.8. The van der Waals surface area contributed by atoms with Crippen molar-refractivity contribution in [1.82, 2.24) is 9.29 Å². The van der Waals surface area contributed by atoms with Crippen LogP contribution in [0, 0.1) is 18.8 Å². The number of aromatic nitrogens is 1. The van der Waals surface area contributed by atoms with Crippen molar-refractivity contribution in [3.05, 3.63) is 5.69 Å². The molecule has 1 aromatic heterocycles. The van der Waals surface area contributed by atoms with Crippen LogP contribution in [0.2, 0.25) is 0 Å². The maximum absolute atomic E-state index is 12.5. The standard InChI is InChI=1S/C11H19N3O2S2/c1-7(2)9-4-5-14(6-9)18(15,16)10-8(3)13-11(12)17-10/h7,9H,4-6H2,1-3H3,(H2,12,13). The maximum atomic E-state index is 12.5. The molecule has 1 aliphatic rings. The van der Waals surface area contributed by atoms with Gasteiger partial charge in [0.1, 0.15) is 0 Å². The summed E-state index contributed by atoms with van der Waals surface area (Å²) in [5.74, 6) is 0.961. The number of nitrogens with two attached hydrogens (primary N) is 1. The van der Waals surface area contributed by atoms with Crippen LogP contribution < -0.4 is 5.73 Å². The largest absolute Gasteiger partial charge is 0.375 e. The van der Waals surface area contributed by atoms with E-state index in [4.69, 9.17) is 5.73 Å². The van der Waals surface area contributed by atoms with E-state index >= 15 is 0 Å². The van der Waals surface area contributed by atoms with Crippen molar-refractivity contribution in [2.45, 2.75) is 31.4 Å². The summed E-state index contributed by atoms with van der Waals surface area (Å²) in [5, 5.41) is 0.311. The smallest absolute Gasteiger partial charge is 0.254 e. The molecule has 2 rings (SSSR count). The number of sulfonamides is 1. The van der Waals surface area contributed by atoms with Gasteiger partial charge < -0.3 is 5.73 Å². The van der Waals surface area contributed by atoms with E-state index in [1.165, 1.54) is 0 Å². The van der Waals surface area contributed by atoms with E-state index < -0.39 is 10.0 Å². The third-order valence-corrected chi connectivity index (χ3v) is 6.91. The molecule has 5 nitrogen and oxygen atoms in total. The highest BCUT2D eigenvalue weighted by Crippen LogP contribution is 2.32. The van der Waals surface area contributed by atoms with Gasteiger partial charge in [0.25, 0.3) is 10.0 Å². The molecule has 0 aliphatic carbocycles. The first-order chi connectivity index (χ1) is 8.32. The van der Waals surface area contributed by atoms with Crippen LogP contribution in [0.4, 0.5) is 5.13 Å². The molecule has 2 heterocycles. The Bertz CT molecular complexity index is 536. The second-order valence-electron chi connectivity index (χ2n) is 5.08. The molecule has 2 N–H and O–H groups in total. The zero-order valence-corrected chi connectivity index (χ0v) is 12.5. The summed E-state index contributed by atoms with van der Waals surface area (Å²) in [6.45, 7) is 7.17. The molecule has 0 spiro atoms.